The second-order valence-corrected chi connectivity index (χ2v) is 6.39. The van der Waals surface area contributed by atoms with Crippen molar-refractivity contribution in [3.05, 3.63) is 0 Å². The molecule has 0 aromatic rings. The minimum absolute atomic E-state index is 0. The number of likely N-dealkylation sites (N-methyl/N-ethyl adjacent to an activating group) is 1. The van der Waals surface area contributed by atoms with Crippen LogP contribution in [0.2, 0.25) is 0 Å². The van der Waals surface area contributed by atoms with Crippen LogP contribution in [-0.4, -0.2) is 47.5 Å². The minimum atomic E-state index is -0.358. The second-order valence-electron chi connectivity index (χ2n) is 6.39. The molecule has 0 aromatic carbocycles. The van der Waals surface area contributed by atoms with Crippen LogP contribution in [0.5, 0.6) is 0 Å². The number of nitrogens with zero attached hydrogens (tertiary/aromatic N) is 1. The molecular formula is C13H30ClNO2. The molecule has 0 bridgehead atoms. The van der Waals surface area contributed by atoms with E-state index in [0.717, 1.165) is 6.42 Å². The Labute approximate surface area is 113 Å². The summed E-state index contributed by atoms with van der Waals surface area (Å²) in [5.41, 5.74) is -0.0999. The lowest BCUT2D eigenvalue weighted by atomic mass is 9.89. The molecule has 0 aromatic heterocycles. The normalized spacial score (nSPS) is 15.9. The predicted octanol–water partition coefficient (Wildman–Crippen LogP) is 2.15. The maximum Gasteiger partial charge on any atom is 0.0715 e. The first-order chi connectivity index (χ1) is 7.12. The van der Waals surface area contributed by atoms with Crippen LogP contribution >= 0.6 is 12.4 Å². The van der Waals surface area contributed by atoms with Crippen LogP contribution in [0.25, 0.3) is 0 Å². The average Bonchev–Trinajstić information content (AvgIpc) is 1.98. The lowest BCUT2D eigenvalue weighted by Gasteiger charge is -2.31. The average molecular weight is 268 g/mol. The molecule has 0 saturated heterocycles. The van der Waals surface area contributed by atoms with Crippen molar-refractivity contribution in [3.63, 3.8) is 0 Å². The number of aliphatic hydroxyl groups is 2. The van der Waals surface area contributed by atoms with Crippen LogP contribution in [-0.2, 0) is 0 Å². The van der Waals surface area contributed by atoms with Gasteiger partial charge in [-0.1, -0.05) is 34.6 Å². The van der Waals surface area contributed by atoms with E-state index >= 15 is 0 Å². The number of rotatable bonds is 6. The predicted molar refractivity (Wildman–Crippen MR) is 75.7 cm³/mol. The van der Waals surface area contributed by atoms with Gasteiger partial charge in [0.1, 0.15) is 0 Å². The molecule has 0 aliphatic rings. The molecule has 2 unspecified atom stereocenters. The summed E-state index contributed by atoms with van der Waals surface area (Å²) in [5.74, 6) is 0.510. The largest absolute Gasteiger partial charge is 0.392 e. The highest BCUT2D eigenvalue weighted by molar-refractivity contribution is 5.85. The van der Waals surface area contributed by atoms with Gasteiger partial charge in [0, 0.05) is 13.1 Å². The van der Waals surface area contributed by atoms with Crippen molar-refractivity contribution >= 4 is 12.4 Å². The number of hydrogen-bond donors (Lipinski definition) is 2. The third-order valence-corrected chi connectivity index (χ3v) is 2.75. The molecule has 4 heteroatoms. The van der Waals surface area contributed by atoms with E-state index in [1.165, 1.54) is 0 Å². The Hall–Kier alpha value is 0.170. The molecule has 0 fully saturated rings. The molecule has 2 atom stereocenters. The fourth-order valence-electron chi connectivity index (χ4n) is 1.62. The number of halogens is 1. The van der Waals surface area contributed by atoms with Crippen molar-refractivity contribution in [3.8, 4) is 0 Å². The Morgan fingerprint density at radius 2 is 1.53 bits per heavy atom. The quantitative estimate of drug-likeness (QED) is 0.775. The van der Waals surface area contributed by atoms with Crippen molar-refractivity contribution in [2.45, 2.75) is 53.2 Å². The van der Waals surface area contributed by atoms with Gasteiger partial charge < -0.3 is 15.1 Å². The van der Waals surface area contributed by atoms with E-state index in [2.05, 4.69) is 13.8 Å². The fourth-order valence-corrected chi connectivity index (χ4v) is 1.62. The van der Waals surface area contributed by atoms with Crippen molar-refractivity contribution in [2.75, 3.05) is 20.1 Å². The highest BCUT2D eigenvalue weighted by Crippen LogP contribution is 2.19. The Bertz CT molecular complexity index is 192. The minimum Gasteiger partial charge on any atom is -0.392 e. The molecule has 0 radical (unpaired) electrons. The molecule has 2 N–H and O–H groups in total. The molecule has 0 heterocycles. The topological polar surface area (TPSA) is 43.7 Å². The molecular weight excluding hydrogens is 238 g/mol. The monoisotopic (exact) mass is 267 g/mol. The van der Waals surface area contributed by atoms with Crippen molar-refractivity contribution in [2.24, 2.45) is 11.3 Å². The van der Waals surface area contributed by atoms with Crippen LogP contribution in [0, 0.1) is 11.3 Å². The third kappa shape index (κ3) is 9.83. The molecule has 17 heavy (non-hydrogen) atoms. The van der Waals surface area contributed by atoms with E-state index in [0.29, 0.717) is 19.0 Å². The molecule has 3 nitrogen and oxygen atoms in total. The SMILES string of the molecule is CC(C)CC(O)CN(C)CC(O)C(C)(C)C.Cl. The van der Waals surface area contributed by atoms with Gasteiger partial charge in [-0.3, -0.25) is 0 Å². The highest BCUT2D eigenvalue weighted by Gasteiger charge is 2.23. The zero-order chi connectivity index (χ0) is 12.9. The molecule has 0 saturated carbocycles. The molecule has 0 aliphatic carbocycles. The molecule has 0 amide bonds. The van der Waals surface area contributed by atoms with E-state index in [9.17, 15) is 10.2 Å². The first-order valence-electron chi connectivity index (χ1n) is 6.17. The first-order valence-corrected chi connectivity index (χ1v) is 6.17. The summed E-state index contributed by atoms with van der Waals surface area (Å²) < 4.78 is 0. The van der Waals surface area contributed by atoms with Crippen LogP contribution in [0.15, 0.2) is 0 Å². The van der Waals surface area contributed by atoms with E-state index < -0.39 is 0 Å². The lowest BCUT2D eigenvalue weighted by Crippen LogP contribution is -2.40. The Kier molecular flexibility index (Phi) is 9.53. The highest BCUT2D eigenvalue weighted by atomic mass is 35.5. The standard InChI is InChI=1S/C13H29NO2.ClH/c1-10(2)7-11(15)8-14(6)9-12(16)13(3,4)5;/h10-12,15-16H,7-9H2,1-6H3;1H. The van der Waals surface area contributed by atoms with Gasteiger partial charge in [-0.25, -0.2) is 0 Å². The second kappa shape index (κ2) is 8.30. The van der Waals surface area contributed by atoms with Gasteiger partial charge >= 0.3 is 0 Å². The summed E-state index contributed by atoms with van der Waals surface area (Å²) in [5, 5.41) is 19.7. The van der Waals surface area contributed by atoms with Gasteiger partial charge in [0.15, 0.2) is 0 Å². The Morgan fingerprint density at radius 1 is 1.06 bits per heavy atom. The summed E-state index contributed by atoms with van der Waals surface area (Å²) in [4.78, 5) is 2.00. The zero-order valence-electron chi connectivity index (χ0n) is 12.1. The van der Waals surface area contributed by atoms with E-state index in [1.54, 1.807) is 0 Å². The van der Waals surface area contributed by atoms with E-state index in [-0.39, 0.29) is 30.0 Å². The Morgan fingerprint density at radius 3 is 1.88 bits per heavy atom. The van der Waals surface area contributed by atoms with Crippen LogP contribution in [0.1, 0.15) is 41.0 Å². The molecule has 0 spiro atoms. The number of hydrogen-bond acceptors (Lipinski definition) is 3. The van der Waals surface area contributed by atoms with Crippen LogP contribution in [0.3, 0.4) is 0 Å². The first kappa shape index (κ1) is 19.5. The Balaban J connectivity index is 0. The van der Waals surface area contributed by atoms with Crippen LogP contribution in [0.4, 0.5) is 0 Å². The summed E-state index contributed by atoms with van der Waals surface area (Å²) in [6.45, 7) is 11.5. The summed E-state index contributed by atoms with van der Waals surface area (Å²) in [7, 11) is 1.94. The van der Waals surface area contributed by atoms with Gasteiger partial charge in [-0.15, -0.1) is 12.4 Å². The van der Waals surface area contributed by atoms with Gasteiger partial charge in [-0.05, 0) is 24.8 Å². The fraction of sp³-hybridized carbons (Fsp3) is 1.00. The summed E-state index contributed by atoms with van der Waals surface area (Å²) in [6, 6.07) is 0. The van der Waals surface area contributed by atoms with E-state index in [4.69, 9.17) is 0 Å². The summed E-state index contributed by atoms with van der Waals surface area (Å²) >= 11 is 0. The van der Waals surface area contributed by atoms with Gasteiger partial charge in [-0.2, -0.15) is 0 Å². The van der Waals surface area contributed by atoms with Crippen LogP contribution < -0.4 is 0 Å². The van der Waals surface area contributed by atoms with E-state index in [1.807, 2.05) is 32.7 Å². The van der Waals surface area contributed by atoms with Crippen molar-refractivity contribution < 1.29 is 10.2 Å². The molecule has 106 valence electrons. The van der Waals surface area contributed by atoms with Gasteiger partial charge in [0.2, 0.25) is 0 Å². The van der Waals surface area contributed by atoms with Gasteiger partial charge in [0.05, 0.1) is 12.2 Å². The summed E-state index contributed by atoms with van der Waals surface area (Å²) in [6.07, 6.45) is 0.164. The van der Waals surface area contributed by atoms with Crippen molar-refractivity contribution in [1.82, 2.24) is 4.90 Å². The molecule has 0 rings (SSSR count). The third-order valence-electron chi connectivity index (χ3n) is 2.75. The van der Waals surface area contributed by atoms with Crippen molar-refractivity contribution in [1.29, 1.82) is 0 Å². The van der Waals surface area contributed by atoms with Gasteiger partial charge in [0.25, 0.3) is 0 Å². The number of aliphatic hydroxyl groups excluding tert-OH is 2. The maximum atomic E-state index is 9.93. The maximum absolute atomic E-state index is 9.93. The zero-order valence-corrected chi connectivity index (χ0v) is 12.9. The molecule has 0 aliphatic heterocycles. The smallest absolute Gasteiger partial charge is 0.0715 e. The lowest BCUT2D eigenvalue weighted by molar-refractivity contribution is 0.0201.